The number of thiophene rings is 1. The monoisotopic (exact) mass is 848 g/mol. The Labute approximate surface area is 376 Å². The first-order valence-electron chi connectivity index (χ1n) is 22.0. The second-order valence-electron chi connectivity index (χ2n) is 16.8. The van der Waals surface area contributed by atoms with Gasteiger partial charge in [0, 0.05) is 47.4 Å². The molecule has 0 fully saturated rings. The van der Waals surface area contributed by atoms with Crippen LogP contribution in [0, 0.1) is 0 Å². The van der Waals surface area contributed by atoms with Crippen molar-refractivity contribution < 1.29 is 0 Å². The Kier molecular flexibility index (Phi) is 8.45. The van der Waals surface area contributed by atoms with Crippen LogP contribution in [-0.2, 0) is 0 Å². The first-order valence-corrected chi connectivity index (χ1v) is 24.8. The van der Waals surface area contributed by atoms with E-state index >= 15 is 0 Å². The molecular formula is C60H40N2SSi. The van der Waals surface area contributed by atoms with Gasteiger partial charge in [-0.05, 0) is 86.5 Å². The molecule has 3 heterocycles. The summed E-state index contributed by atoms with van der Waals surface area (Å²) in [5.74, 6) is 0. The summed E-state index contributed by atoms with van der Waals surface area (Å²) < 4.78 is 7.63. The van der Waals surface area contributed by atoms with Crippen molar-refractivity contribution in [2.75, 3.05) is 0 Å². The van der Waals surface area contributed by atoms with Crippen LogP contribution in [0.25, 0.3) is 86.3 Å². The molecule has 0 bridgehead atoms. The molecule has 64 heavy (non-hydrogen) atoms. The molecule has 0 unspecified atom stereocenters. The van der Waals surface area contributed by atoms with Crippen molar-refractivity contribution in [2.45, 2.75) is 0 Å². The lowest BCUT2D eigenvalue weighted by Crippen LogP contribution is -2.74. The van der Waals surface area contributed by atoms with E-state index in [0.29, 0.717) is 0 Å². The Morgan fingerprint density at radius 3 is 1.53 bits per heavy atom. The fourth-order valence-electron chi connectivity index (χ4n) is 10.8. The molecule has 0 N–H and O–H groups in total. The van der Waals surface area contributed by atoms with Crippen molar-refractivity contribution >= 4 is 104 Å². The molecule has 13 rings (SSSR count). The largest absolute Gasteiger partial charge is 0.309 e. The van der Waals surface area contributed by atoms with E-state index in [9.17, 15) is 0 Å². The molecule has 0 spiro atoms. The van der Waals surface area contributed by atoms with Gasteiger partial charge in [0.15, 0.2) is 8.07 Å². The van der Waals surface area contributed by atoms with Crippen LogP contribution < -0.4 is 20.7 Å². The predicted octanol–water partition coefficient (Wildman–Crippen LogP) is 13.3. The maximum Gasteiger partial charge on any atom is 0.179 e. The number of rotatable bonds is 7. The van der Waals surface area contributed by atoms with Gasteiger partial charge in [-0.25, -0.2) is 0 Å². The number of nitrogens with zero attached hydrogens (tertiary/aromatic N) is 2. The SMILES string of the molecule is c1ccc([Si](c2ccccc2)(c2ccccc2)c2ccc(-n3c4ccccc4c4c(-n5c6ccccc6c6cc(-c7cccc8c7sc7ccccc78)ccc65)cccc43)cc2)cc1. The van der Waals surface area contributed by atoms with Crippen LogP contribution in [0.3, 0.4) is 0 Å². The van der Waals surface area contributed by atoms with Crippen molar-refractivity contribution in [3.8, 4) is 22.5 Å². The smallest absolute Gasteiger partial charge is 0.179 e. The van der Waals surface area contributed by atoms with E-state index < -0.39 is 8.07 Å². The van der Waals surface area contributed by atoms with E-state index in [0.717, 1.165) is 5.69 Å². The van der Waals surface area contributed by atoms with Gasteiger partial charge in [0.05, 0.1) is 27.8 Å². The van der Waals surface area contributed by atoms with Gasteiger partial charge in [-0.1, -0.05) is 188 Å². The van der Waals surface area contributed by atoms with Crippen LogP contribution in [0.2, 0.25) is 0 Å². The van der Waals surface area contributed by atoms with Crippen LogP contribution in [0.5, 0.6) is 0 Å². The van der Waals surface area contributed by atoms with Crippen LogP contribution in [0.4, 0.5) is 0 Å². The lowest BCUT2D eigenvalue weighted by atomic mass is 10.0. The number of hydrogen-bond acceptors (Lipinski definition) is 1. The summed E-state index contributed by atoms with van der Waals surface area (Å²) in [6.07, 6.45) is 0. The van der Waals surface area contributed by atoms with E-state index in [1.54, 1.807) is 0 Å². The number of aromatic nitrogens is 2. The van der Waals surface area contributed by atoms with Gasteiger partial charge >= 0.3 is 0 Å². The zero-order valence-electron chi connectivity index (χ0n) is 34.9. The molecule has 4 heteroatoms. The zero-order chi connectivity index (χ0) is 42.2. The Morgan fingerprint density at radius 2 is 0.844 bits per heavy atom. The molecule has 0 aliphatic heterocycles. The quantitative estimate of drug-likeness (QED) is 0.112. The topological polar surface area (TPSA) is 9.86 Å². The summed E-state index contributed by atoms with van der Waals surface area (Å²) in [6.45, 7) is 0. The number of benzene rings is 10. The highest BCUT2D eigenvalue weighted by atomic mass is 32.1. The highest BCUT2D eigenvalue weighted by Gasteiger charge is 2.41. The molecular weight excluding hydrogens is 809 g/mol. The summed E-state index contributed by atoms with van der Waals surface area (Å²) in [5, 5.41) is 13.1. The fraction of sp³-hybridized carbons (Fsp3) is 0. The van der Waals surface area contributed by atoms with Gasteiger partial charge in [-0.15, -0.1) is 11.3 Å². The summed E-state index contributed by atoms with van der Waals surface area (Å²) in [4.78, 5) is 0. The third kappa shape index (κ3) is 5.43. The first-order chi connectivity index (χ1) is 31.8. The number of para-hydroxylation sites is 2. The van der Waals surface area contributed by atoms with E-state index in [1.807, 2.05) is 11.3 Å². The normalized spacial score (nSPS) is 12.1. The highest BCUT2D eigenvalue weighted by molar-refractivity contribution is 7.26. The third-order valence-electron chi connectivity index (χ3n) is 13.5. The van der Waals surface area contributed by atoms with Gasteiger partial charge in [-0.2, -0.15) is 0 Å². The molecule has 13 aromatic rings. The molecule has 0 aliphatic rings. The van der Waals surface area contributed by atoms with Crippen LogP contribution >= 0.6 is 11.3 Å². The highest BCUT2D eigenvalue weighted by Crippen LogP contribution is 2.43. The second kappa shape index (κ2) is 14.7. The molecule has 0 radical (unpaired) electrons. The second-order valence-corrected chi connectivity index (χ2v) is 21.6. The summed E-state index contributed by atoms with van der Waals surface area (Å²) in [5.41, 5.74) is 9.62. The molecule has 0 amide bonds. The van der Waals surface area contributed by atoms with Gasteiger partial charge < -0.3 is 9.13 Å². The summed E-state index contributed by atoms with van der Waals surface area (Å²) in [7, 11) is -2.67. The molecule has 0 saturated carbocycles. The Bertz CT molecular complexity index is 3790. The zero-order valence-corrected chi connectivity index (χ0v) is 36.7. The minimum Gasteiger partial charge on any atom is -0.309 e. The lowest BCUT2D eigenvalue weighted by molar-refractivity contribution is 1.17. The van der Waals surface area contributed by atoms with Crippen molar-refractivity contribution in [2.24, 2.45) is 0 Å². The standard InChI is InChI=1S/C60H40N2SSi/c1-4-18-43(19-5-1)64(44-20-6-2-7-21-44,45-22-8-3-9-23-45)46-37-35-42(36-38-46)61-54-30-14-11-26-51(54)59-56(61)31-17-32-57(59)62-53-29-13-10-24-48(53)52-40-41(34-39-55(52)62)47-27-16-28-50-49-25-12-15-33-58(49)63-60(47)50/h1-40H. The first kappa shape index (κ1) is 36.9. The molecule has 2 nitrogen and oxygen atoms in total. The fourth-order valence-corrected chi connectivity index (χ4v) is 16.7. The van der Waals surface area contributed by atoms with E-state index in [-0.39, 0.29) is 0 Å². The summed E-state index contributed by atoms with van der Waals surface area (Å²) in [6, 6.07) is 90.3. The van der Waals surface area contributed by atoms with Crippen LogP contribution in [0.15, 0.2) is 243 Å². The molecule has 10 aromatic carbocycles. The van der Waals surface area contributed by atoms with Crippen molar-refractivity contribution in [1.29, 1.82) is 0 Å². The lowest BCUT2D eigenvalue weighted by Gasteiger charge is -2.34. The maximum atomic E-state index is 2.50. The van der Waals surface area contributed by atoms with Crippen molar-refractivity contribution in [3.63, 3.8) is 0 Å². The van der Waals surface area contributed by atoms with Gasteiger partial charge in [0.25, 0.3) is 0 Å². The minimum absolute atomic E-state index is 1.14. The summed E-state index contributed by atoms with van der Waals surface area (Å²) >= 11 is 1.89. The van der Waals surface area contributed by atoms with Crippen LogP contribution in [0.1, 0.15) is 0 Å². The van der Waals surface area contributed by atoms with Crippen molar-refractivity contribution in [3.05, 3.63) is 243 Å². The van der Waals surface area contributed by atoms with E-state index in [1.165, 1.54) is 101 Å². The predicted molar refractivity (Wildman–Crippen MR) is 277 cm³/mol. The van der Waals surface area contributed by atoms with Gasteiger partial charge in [-0.3, -0.25) is 0 Å². The number of fused-ring (bicyclic) bond motifs is 9. The van der Waals surface area contributed by atoms with E-state index in [2.05, 4.69) is 252 Å². The van der Waals surface area contributed by atoms with Crippen molar-refractivity contribution in [1.82, 2.24) is 9.13 Å². The van der Waals surface area contributed by atoms with Gasteiger partial charge in [0.1, 0.15) is 0 Å². The Balaban J connectivity index is 1.00. The number of hydrogen-bond donors (Lipinski definition) is 0. The molecule has 0 aliphatic carbocycles. The molecule has 3 aromatic heterocycles. The van der Waals surface area contributed by atoms with Gasteiger partial charge in [0.2, 0.25) is 0 Å². The molecule has 300 valence electrons. The Hall–Kier alpha value is -7.76. The van der Waals surface area contributed by atoms with E-state index in [4.69, 9.17) is 0 Å². The molecule has 0 atom stereocenters. The average molecular weight is 849 g/mol. The third-order valence-corrected chi connectivity index (χ3v) is 19.5. The minimum atomic E-state index is -2.67. The maximum absolute atomic E-state index is 2.67. The molecule has 0 saturated heterocycles. The average Bonchev–Trinajstić information content (AvgIpc) is 4.03. The Morgan fingerprint density at radius 1 is 0.328 bits per heavy atom. The van der Waals surface area contributed by atoms with Crippen LogP contribution in [-0.4, -0.2) is 17.2 Å².